The summed E-state index contributed by atoms with van der Waals surface area (Å²) in [5.41, 5.74) is 2.11. The third-order valence-corrected chi connectivity index (χ3v) is 7.17. The molecule has 0 aliphatic heterocycles. The molecule has 138 valence electrons. The minimum atomic E-state index is -0.171. The minimum Gasteiger partial charge on any atom is -0.346 e. The van der Waals surface area contributed by atoms with Crippen molar-refractivity contribution in [1.29, 1.82) is 0 Å². The van der Waals surface area contributed by atoms with Gasteiger partial charge in [0.25, 0.3) is 11.7 Å². The van der Waals surface area contributed by atoms with Crippen molar-refractivity contribution in [2.24, 2.45) is 23.2 Å². The van der Waals surface area contributed by atoms with Gasteiger partial charge in [0.1, 0.15) is 0 Å². The Labute approximate surface area is 153 Å². The molecule has 6 nitrogen and oxygen atoms in total. The van der Waals surface area contributed by atoms with Crippen LogP contribution in [0, 0.1) is 37.0 Å². The van der Waals surface area contributed by atoms with E-state index >= 15 is 0 Å². The molecule has 1 amide bonds. The highest BCUT2D eigenvalue weighted by Gasteiger charge is 2.53. The van der Waals surface area contributed by atoms with E-state index in [1.54, 1.807) is 4.52 Å². The molecule has 0 aromatic carbocycles. The number of nitrogens with one attached hydrogen (secondary N) is 1. The van der Waals surface area contributed by atoms with E-state index in [4.69, 9.17) is 0 Å². The Morgan fingerprint density at radius 3 is 2.38 bits per heavy atom. The fraction of sp³-hybridized carbons (Fsp3) is 0.700. The predicted molar refractivity (Wildman–Crippen MR) is 97.8 cm³/mol. The summed E-state index contributed by atoms with van der Waals surface area (Å²) in [5, 5.41) is 7.63. The van der Waals surface area contributed by atoms with Crippen LogP contribution in [0.3, 0.4) is 0 Å². The lowest BCUT2D eigenvalue weighted by atomic mass is 9.48. The fourth-order valence-corrected chi connectivity index (χ4v) is 6.38. The number of carbonyl (C=O) groups is 1. The zero-order chi connectivity index (χ0) is 18.1. The van der Waals surface area contributed by atoms with E-state index in [0.29, 0.717) is 5.78 Å². The van der Waals surface area contributed by atoms with Crippen LogP contribution in [0.2, 0.25) is 0 Å². The van der Waals surface area contributed by atoms with E-state index in [1.165, 1.54) is 38.5 Å². The first-order chi connectivity index (χ1) is 12.4. The number of nitrogens with zero attached hydrogens (tertiary/aromatic N) is 4. The number of aryl methyl sites for hydroxylation is 2. The number of carbonyl (C=O) groups excluding carboxylic acids is 1. The molecule has 2 aromatic rings. The van der Waals surface area contributed by atoms with Gasteiger partial charge in [0, 0.05) is 17.4 Å². The van der Waals surface area contributed by atoms with Crippen molar-refractivity contribution >= 4 is 11.7 Å². The van der Waals surface area contributed by atoms with Crippen LogP contribution in [0.15, 0.2) is 6.07 Å². The van der Waals surface area contributed by atoms with E-state index in [1.807, 2.05) is 19.9 Å². The molecule has 4 aliphatic carbocycles. The maximum Gasteiger partial charge on any atom is 0.291 e. The smallest absolute Gasteiger partial charge is 0.291 e. The Morgan fingerprint density at radius 1 is 1.15 bits per heavy atom. The second-order valence-electron chi connectivity index (χ2n) is 9.16. The first kappa shape index (κ1) is 16.2. The molecule has 4 saturated carbocycles. The van der Waals surface area contributed by atoms with Gasteiger partial charge in [0.2, 0.25) is 5.82 Å². The van der Waals surface area contributed by atoms with Crippen molar-refractivity contribution in [1.82, 2.24) is 24.9 Å². The standard InChI is InChI=1S/C20H27N5O/c1-11-4-12(2)25-19(21-11)23-17(24-25)18(26)22-13(3)20-8-14-5-15(9-20)7-16(6-14)10-20/h4,13-16H,5-10H2,1-3H3,(H,22,26)/t13-,14?,15?,16?,20?/m1/s1. The highest BCUT2D eigenvalue weighted by Crippen LogP contribution is 2.61. The monoisotopic (exact) mass is 353 g/mol. The van der Waals surface area contributed by atoms with Gasteiger partial charge >= 0.3 is 0 Å². The maximum atomic E-state index is 12.8. The average molecular weight is 353 g/mol. The quantitative estimate of drug-likeness (QED) is 0.920. The molecule has 26 heavy (non-hydrogen) atoms. The average Bonchev–Trinajstić information content (AvgIpc) is 2.98. The lowest BCUT2D eigenvalue weighted by molar-refractivity contribution is -0.0688. The summed E-state index contributed by atoms with van der Waals surface area (Å²) in [4.78, 5) is 21.6. The summed E-state index contributed by atoms with van der Waals surface area (Å²) in [7, 11) is 0. The largest absolute Gasteiger partial charge is 0.346 e. The second kappa shape index (κ2) is 5.51. The number of hydrogen-bond acceptors (Lipinski definition) is 4. The minimum absolute atomic E-state index is 0.171. The van der Waals surface area contributed by atoms with Gasteiger partial charge in [-0.2, -0.15) is 4.98 Å². The molecule has 0 spiro atoms. The number of hydrogen-bond donors (Lipinski definition) is 1. The van der Waals surface area contributed by atoms with Gasteiger partial charge in [-0.15, -0.1) is 5.10 Å². The van der Waals surface area contributed by atoms with E-state index < -0.39 is 0 Å². The molecule has 1 N–H and O–H groups in total. The summed E-state index contributed by atoms with van der Waals surface area (Å²) in [6.45, 7) is 6.07. The Morgan fingerprint density at radius 2 is 1.77 bits per heavy atom. The molecule has 0 unspecified atom stereocenters. The van der Waals surface area contributed by atoms with Crippen LogP contribution in [0.4, 0.5) is 0 Å². The molecule has 6 heteroatoms. The SMILES string of the molecule is Cc1cc(C)n2nc(C(=O)N[C@H](C)C34CC5CC(CC(C5)C3)C4)nc2n1. The van der Waals surface area contributed by atoms with Crippen molar-refractivity contribution in [2.45, 2.75) is 65.3 Å². The van der Waals surface area contributed by atoms with E-state index in [2.05, 4.69) is 27.3 Å². The van der Waals surface area contributed by atoms with Crippen molar-refractivity contribution in [2.75, 3.05) is 0 Å². The number of fused-ring (bicyclic) bond motifs is 1. The lowest BCUT2D eigenvalue weighted by Gasteiger charge is -2.59. The molecule has 4 bridgehead atoms. The Hall–Kier alpha value is -1.98. The van der Waals surface area contributed by atoms with Crippen LogP contribution >= 0.6 is 0 Å². The van der Waals surface area contributed by atoms with Gasteiger partial charge in [-0.3, -0.25) is 4.79 Å². The molecule has 4 aliphatic rings. The first-order valence-corrected chi connectivity index (χ1v) is 9.94. The van der Waals surface area contributed by atoms with Crippen molar-refractivity contribution in [3.05, 3.63) is 23.3 Å². The first-order valence-electron chi connectivity index (χ1n) is 9.94. The van der Waals surface area contributed by atoms with Gasteiger partial charge in [-0.1, -0.05) is 0 Å². The topological polar surface area (TPSA) is 72.2 Å². The zero-order valence-electron chi connectivity index (χ0n) is 15.8. The lowest BCUT2D eigenvalue weighted by Crippen LogP contribution is -2.55. The van der Waals surface area contributed by atoms with Crippen molar-refractivity contribution < 1.29 is 4.79 Å². The van der Waals surface area contributed by atoms with Crippen LogP contribution in [-0.4, -0.2) is 31.5 Å². The normalized spacial score (nSPS) is 33.6. The Balaban J connectivity index is 1.38. The number of rotatable bonds is 3. The van der Waals surface area contributed by atoms with Gasteiger partial charge < -0.3 is 5.32 Å². The molecule has 4 fully saturated rings. The summed E-state index contributed by atoms with van der Waals surface area (Å²) in [6.07, 6.45) is 8.07. The molecule has 2 aromatic heterocycles. The third kappa shape index (κ3) is 2.45. The Bertz CT molecular complexity index is 850. The van der Waals surface area contributed by atoms with E-state index in [-0.39, 0.29) is 23.2 Å². The molecule has 0 saturated heterocycles. The van der Waals surface area contributed by atoms with Crippen LogP contribution in [0.5, 0.6) is 0 Å². The predicted octanol–water partition coefficient (Wildman–Crippen LogP) is 3.08. The third-order valence-electron chi connectivity index (χ3n) is 7.17. The van der Waals surface area contributed by atoms with E-state index in [9.17, 15) is 4.79 Å². The molecule has 6 rings (SSSR count). The highest BCUT2D eigenvalue weighted by molar-refractivity contribution is 5.91. The van der Waals surface area contributed by atoms with Gasteiger partial charge in [0.05, 0.1) is 0 Å². The van der Waals surface area contributed by atoms with Crippen LogP contribution in [0.1, 0.15) is 67.5 Å². The van der Waals surface area contributed by atoms with Crippen molar-refractivity contribution in [3.8, 4) is 0 Å². The number of aromatic nitrogens is 4. The summed E-state index contributed by atoms with van der Waals surface area (Å²) < 4.78 is 1.65. The van der Waals surface area contributed by atoms with Crippen molar-refractivity contribution in [3.63, 3.8) is 0 Å². The summed E-state index contributed by atoms with van der Waals surface area (Å²) in [6, 6.07) is 2.12. The number of amides is 1. The van der Waals surface area contributed by atoms with Crippen LogP contribution in [0.25, 0.3) is 5.78 Å². The summed E-state index contributed by atoms with van der Waals surface area (Å²) >= 11 is 0. The van der Waals surface area contributed by atoms with Crippen LogP contribution < -0.4 is 5.32 Å². The molecular weight excluding hydrogens is 326 g/mol. The van der Waals surface area contributed by atoms with Gasteiger partial charge in [0.15, 0.2) is 0 Å². The fourth-order valence-electron chi connectivity index (χ4n) is 6.38. The van der Waals surface area contributed by atoms with Crippen LogP contribution in [-0.2, 0) is 0 Å². The second-order valence-corrected chi connectivity index (χ2v) is 9.16. The molecule has 0 radical (unpaired) electrons. The van der Waals surface area contributed by atoms with E-state index in [0.717, 1.165) is 29.1 Å². The summed E-state index contributed by atoms with van der Waals surface area (Å²) in [5.74, 6) is 3.19. The zero-order valence-corrected chi connectivity index (χ0v) is 15.8. The highest BCUT2D eigenvalue weighted by atomic mass is 16.2. The van der Waals surface area contributed by atoms with Gasteiger partial charge in [-0.25, -0.2) is 9.50 Å². The molecule has 1 atom stereocenters. The van der Waals surface area contributed by atoms with Gasteiger partial charge in [-0.05, 0) is 88.5 Å². The Kier molecular flexibility index (Phi) is 3.43. The molecular formula is C20H27N5O. The molecule has 2 heterocycles. The maximum absolute atomic E-state index is 12.8.